The van der Waals surface area contributed by atoms with Gasteiger partial charge in [0.1, 0.15) is 5.82 Å². The number of allylic oxidation sites excluding steroid dienone is 2. The summed E-state index contributed by atoms with van der Waals surface area (Å²) in [7, 11) is 3.45. The van der Waals surface area contributed by atoms with Crippen LogP contribution in [0.5, 0.6) is 0 Å². The molecule has 0 aliphatic carbocycles. The molecule has 22 heavy (non-hydrogen) atoms. The van der Waals surface area contributed by atoms with E-state index < -0.39 is 5.69 Å². The summed E-state index contributed by atoms with van der Waals surface area (Å²) >= 11 is 0. The Labute approximate surface area is 129 Å². The molecule has 0 spiro atoms. The van der Waals surface area contributed by atoms with Crippen LogP contribution in [0.2, 0.25) is 0 Å². The van der Waals surface area contributed by atoms with Crippen LogP contribution in [0.4, 0.5) is 0 Å². The van der Waals surface area contributed by atoms with Crippen LogP contribution in [-0.4, -0.2) is 19.1 Å². The molecule has 6 nitrogen and oxygen atoms in total. The van der Waals surface area contributed by atoms with Gasteiger partial charge in [0.2, 0.25) is 0 Å². The molecule has 0 aliphatic heterocycles. The van der Waals surface area contributed by atoms with E-state index in [4.69, 9.17) is 0 Å². The second-order valence-corrected chi connectivity index (χ2v) is 5.56. The van der Waals surface area contributed by atoms with Crippen LogP contribution in [0, 0.1) is 0 Å². The number of hydrogen-bond donors (Lipinski definition) is 1. The highest BCUT2D eigenvalue weighted by Crippen LogP contribution is 2.12. The molecule has 0 amide bonds. The maximum Gasteiger partial charge on any atom is 0.329 e. The van der Waals surface area contributed by atoms with Gasteiger partial charge in [0, 0.05) is 20.5 Å². The Bertz CT molecular complexity index is 780. The van der Waals surface area contributed by atoms with Gasteiger partial charge in [-0.15, -0.1) is 0 Å². The van der Waals surface area contributed by atoms with Crippen molar-refractivity contribution in [1.82, 2.24) is 19.1 Å². The van der Waals surface area contributed by atoms with Gasteiger partial charge in [0.05, 0.1) is 0 Å². The summed E-state index contributed by atoms with van der Waals surface area (Å²) < 4.78 is 3.18. The van der Waals surface area contributed by atoms with Gasteiger partial charge in [-0.05, 0) is 25.7 Å². The number of imidazole rings is 1. The Morgan fingerprint density at radius 2 is 1.86 bits per heavy atom. The molecule has 1 N–H and O–H groups in total. The Hall–Kier alpha value is -2.11. The lowest BCUT2D eigenvalue weighted by atomic mass is 10.1. The van der Waals surface area contributed by atoms with Crippen LogP contribution in [0.15, 0.2) is 21.7 Å². The predicted molar refractivity (Wildman–Crippen MR) is 88.2 cm³/mol. The number of H-pyrrole nitrogens is 1. The number of aromatic nitrogens is 4. The lowest BCUT2D eigenvalue weighted by Crippen LogP contribution is -2.29. The summed E-state index contributed by atoms with van der Waals surface area (Å²) in [5, 5.41) is 0. The van der Waals surface area contributed by atoms with Gasteiger partial charge < -0.3 is 4.57 Å². The molecule has 120 valence electrons. The quantitative estimate of drug-likeness (QED) is 0.628. The molecule has 2 heterocycles. The van der Waals surface area contributed by atoms with Gasteiger partial charge in [-0.2, -0.15) is 0 Å². The van der Waals surface area contributed by atoms with E-state index in [9.17, 15) is 9.59 Å². The first-order valence-corrected chi connectivity index (χ1v) is 7.85. The first-order chi connectivity index (χ1) is 10.6. The third-order valence-corrected chi connectivity index (χ3v) is 3.90. The van der Waals surface area contributed by atoms with Crippen molar-refractivity contribution in [2.75, 3.05) is 0 Å². The maximum absolute atomic E-state index is 11.9. The third-order valence-electron chi connectivity index (χ3n) is 3.90. The molecular formula is C16H24N4O2. The van der Waals surface area contributed by atoms with Crippen LogP contribution >= 0.6 is 0 Å². The smallest absolute Gasteiger partial charge is 0.325 e. The number of unbranched alkanes of at least 4 members (excludes halogenated alkanes) is 3. The van der Waals surface area contributed by atoms with E-state index in [0.717, 1.165) is 37.9 Å². The Kier molecular flexibility index (Phi) is 5.35. The lowest BCUT2D eigenvalue weighted by Gasteiger charge is -2.01. The monoisotopic (exact) mass is 304 g/mol. The van der Waals surface area contributed by atoms with Gasteiger partial charge in [0.25, 0.3) is 5.56 Å². The van der Waals surface area contributed by atoms with E-state index in [2.05, 4.69) is 29.0 Å². The van der Waals surface area contributed by atoms with Crippen molar-refractivity contribution in [2.45, 2.75) is 45.4 Å². The minimum absolute atomic E-state index is 0.371. The summed E-state index contributed by atoms with van der Waals surface area (Å²) in [5.74, 6) is 0.853. The summed E-state index contributed by atoms with van der Waals surface area (Å²) in [6.45, 7) is 2.14. The highest BCUT2D eigenvalue weighted by molar-refractivity contribution is 5.70. The average Bonchev–Trinajstić information content (AvgIpc) is 2.82. The van der Waals surface area contributed by atoms with Crippen molar-refractivity contribution in [3.8, 4) is 0 Å². The van der Waals surface area contributed by atoms with Crippen LogP contribution in [-0.2, 0) is 20.5 Å². The van der Waals surface area contributed by atoms with E-state index in [1.807, 2.05) is 7.05 Å². The first kappa shape index (κ1) is 16.3. The molecule has 2 aromatic rings. The van der Waals surface area contributed by atoms with Crippen molar-refractivity contribution >= 4 is 11.2 Å². The van der Waals surface area contributed by atoms with Crippen LogP contribution in [0.3, 0.4) is 0 Å². The molecule has 0 saturated heterocycles. The van der Waals surface area contributed by atoms with Gasteiger partial charge in [0.15, 0.2) is 11.2 Å². The zero-order chi connectivity index (χ0) is 16.1. The minimum Gasteiger partial charge on any atom is -0.325 e. The van der Waals surface area contributed by atoms with Gasteiger partial charge in [-0.1, -0.05) is 25.5 Å². The average molecular weight is 304 g/mol. The first-order valence-electron chi connectivity index (χ1n) is 7.85. The summed E-state index contributed by atoms with van der Waals surface area (Å²) in [4.78, 5) is 30.3. The summed E-state index contributed by atoms with van der Waals surface area (Å²) in [6, 6.07) is 0. The number of aromatic amines is 1. The van der Waals surface area contributed by atoms with Crippen molar-refractivity contribution in [3.05, 3.63) is 38.8 Å². The van der Waals surface area contributed by atoms with Crippen molar-refractivity contribution in [1.29, 1.82) is 0 Å². The number of hydrogen-bond acceptors (Lipinski definition) is 3. The normalized spacial score (nSPS) is 11.8. The molecule has 0 radical (unpaired) electrons. The molecule has 2 rings (SSSR count). The molecule has 6 heteroatoms. The second-order valence-electron chi connectivity index (χ2n) is 5.56. The fourth-order valence-electron chi connectivity index (χ4n) is 2.58. The van der Waals surface area contributed by atoms with E-state index in [1.165, 1.54) is 11.0 Å². The fourth-order valence-corrected chi connectivity index (χ4v) is 2.58. The van der Waals surface area contributed by atoms with E-state index in [1.54, 1.807) is 11.6 Å². The Balaban J connectivity index is 2.07. The Morgan fingerprint density at radius 3 is 2.59 bits per heavy atom. The highest BCUT2D eigenvalue weighted by atomic mass is 16.2. The van der Waals surface area contributed by atoms with E-state index in [-0.39, 0.29) is 5.56 Å². The van der Waals surface area contributed by atoms with Gasteiger partial charge in [-0.25, -0.2) is 9.78 Å². The molecule has 0 aliphatic rings. The van der Waals surface area contributed by atoms with Crippen molar-refractivity contribution < 1.29 is 0 Å². The van der Waals surface area contributed by atoms with Crippen LogP contribution in [0.1, 0.15) is 44.9 Å². The zero-order valence-corrected chi connectivity index (χ0v) is 13.6. The largest absolute Gasteiger partial charge is 0.329 e. The van der Waals surface area contributed by atoms with E-state index >= 15 is 0 Å². The molecule has 0 atom stereocenters. The molecule has 2 aromatic heterocycles. The van der Waals surface area contributed by atoms with Crippen LogP contribution in [0.25, 0.3) is 11.2 Å². The molecule has 0 unspecified atom stereocenters. The Morgan fingerprint density at radius 1 is 1.09 bits per heavy atom. The SMILES string of the molecule is CC/C=C\CCCCCc1nc2c(c(=O)[nH]c(=O)n2C)n1C. The van der Waals surface area contributed by atoms with E-state index in [0.29, 0.717) is 11.2 Å². The summed E-state index contributed by atoms with van der Waals surface area (Å²) in [5.41, 5.74) is 0.119. The highest BCUT2D eigenvalue weighted by Gasteiger charge is 2.14. The minimum atomic E-state index is -0.426. The van der Waals surface area contributed by atoms with Gasteiger partial charge >= 0.3 is 5.69 Å². The molecular weight excluding hydrogens is 280 g/mol. The number of aryl methyl sites for hydroxylation is 3. The summed E-state index contributed by atoms with van der Waals surface area (Å²) in [6.07, 6.45) is 10.8. The molecule has 0 saturated carbocycles. The number of rotatable bonds is 7. The van der Waals surface area contributed by atoms with Crippen molar-refractivity contribution in [2.24, 2.45) is 14.1 Å². The third kappa shape index (κ3) is 3.37. The van der Waals surface area contributed by atoms with Crippen LogP contribution < -0.4 is 11.2 Å². The lowest BCUT2D eigenvalue weighted by molar-refractivity contribution is 0.655. The van der Waals surface area contributed by atoms with Gasteiger partial charge in [-0.3, -0.25) is 14.3 Å². The standard InChI is InChI=1S/C16H24N4O2/c1-4-5-6-7-8-9-10-11-12-17-14-13(19(12)2)15(21)18-16(22)20(14)3/h5-6H,4,7-11H2,1-3H3,(H,18,21,22)/b6-5-. The maximum atomic E-state index is 11.9. The second kappa shape index (κ2) is 7.24. The fraction of sp³-hybridized carbons (Fsp3) is 0.562. The topological polar surface area (TPSA) is 72.7 Å². The van der Waals surface area contributed by atoms with Crippen molar-refractivity contribution in [3.63, 3.8) is 0 Å². The molecule has 0 aromatic carbocycles. The number of nitrogens with one attached hydrogen (secondary N) is 1. The molecule has 0 fully saturated rings. The number of fused-ring (bicyclic) bond motifs is 1. The molecule has 0 bridgehead atoms. The predicted octanol–water partition coefficient (Wildman–Crippen LogP) is 2.03. The zero-order valence-electron chi connectivity index (χ0n) is 13.6. The number of nitrogens with zero attached hydrogens (tertiary/aromatic N) is 3.